The van der Waals surface area contributed by atoms with E-state index in [2.05, 4.69) is 31.8 Å². The quantitative estimate of drug-likeness (QED) is 0.684. The highest BCUT2D eigenvalue weighted by Crippen LogP contribution is 2.02. The lowest BCUT2D eigenvalue weighted by atomic mass is 10.4. The topological polar surface area (TPSA) is 9.23 Å². The summed E-state index contributed by atoms with van der Waals surface area (Å²) in [6.07, 6.45) is 0. The van der Waals surface area contributed by atoms with Gasteiger partial charge in [-0.15, -0.1) is 6.58 Å². The number of rotatable bonds is 4. The molecule has 0 N–H and O–H groups in total. The van der Waals surface area contributed by atoms with Gasteiger partial charge in [-0.2, -0.15) is 0 Å². The first-order valence-electron chi connectivity index (χ1n) is 4.27. The Morgan fingerprint density at radius 3 is 2.46 bits per heavy atom. The fourth-order valence-electron chi connectivity index (χ4n) is 0.738. The first-order chi connectivity index (χ1) is 6.14. The highest BCUT2D eigenvalue weighted by atomic mass is 28.4. The largest absolute Gasteiger partial charge is 0.450 e. The molecule has 0 saturated carbocycles. The lowest BCUT2D eigenvalue weighted by Gasteiger charge is -2.17. The van der Waals surface area contributed by atoms with Crippen LogP contribution in [-0.2, 0) is 4.12 Å². The average Bonchev–Trinajstić information content (AvgIpc) is 2.17. The summed E-state index contributed by atoms with van der Waals surface area (Å²) in [4.78, 5) is 0. The third-order valence-corrected chi connectivity index (χ3v) is 5.76. The summed E-state index contributed by atoms with van der Waals surface area (Å²) in [6, 6.07) is 10.3. The molecule has 0 bridgehead atoms. The molecule has 0 heterocycles. The molecule has 68 valence electrons. The summed E-state index contributed by atoms with van der Waals surface area (Å²) < 4.78 is 5.81. The standard InChI is InChI=1S/C10H14OSi2/c1-4-13(2,3)11-12-10-8-6-5-7-9-10/h4-9H,1H2,2-3H3. The summed E-state index contributed by atoms with van der Waals surface area (Å²) >= 11 is 0. The van der Waals surface area contributed by atoms with Gasteiger partial charge in [-0.25, -0.2) is 0 Å². The fourth-order valence-corrected chi connectivity index (χ4v) is 2.92. The van der Waals surface area contributed by atoms with Crippen LogP contribution in [0.5, 0.6) is 0 Å². The molecule has 0 amide bonds. The Labute approximate surface area is 83.5 Å². The first-order valence-corrected chi connectivity index (χ1v) is 8.16. The van der Waals surface area contributed by atoms with Crippen LogP contribution in [0, 0.1) is 0 Å². The van der Waals surface area contributed by atoms with Gasteiger partial charge in [0, 0.05) is 0 Å². The molecule has 3 heteroatoms. The van der Waals surface area contributed by atoms with Gasteiger partial charge in [0.1, 0.15) is 0 Å². The van der Waals surface area contributed by atoms with Crippen molar-refractivity contribution < 1.29 is 4.12 Å². The molecule has 0 atom stereocenters. The van der Waals surface area contributed by atoms with Gasteiger partial charge in [0.2, 0.25) is 0 Å². The molecule has 0 aromatic heterocycles. The molecule has 13 heavy (non-hydrogen) atoms. The second-order valence-electron chi connectivity index (χ2n) is 3.38. The highest BCUT2D eigenvalue weighted by Gasteiger charge is 2.17. The predicted molar refractivity (Wildman–Crippen MR) is 60.6 cm³/mol. The maximum atomic E-state index is 5.81. The van der Waals surface area contributed by atoms with E-state index < -0.39 is 8.32 Å². The maximum Gasteiger partial charge on any atom is 0.257 e. The van der Waals surface area contributed by atoms with Crippen LogP contribution in [0.4, 0.5) is 0 Å². The summed E-state index contributed by atoms with van der Waals surface area (Å²) in [5.74, 6) is 0. The van der Waals surface area contributed by atoms with Gasteiger partial charge in [0.15, 0.2) is 8.32 Å². The van der Waals surface area contributed by atoms with Gasteiger partial charge in [0.25, 0.3) is 9.76 Å². The zero-order chi connectivity index (χ0) is 9.73. The molecule has 0 aliphatic rings. The van der Waals surface area contributed by atoms with Gasteiger partial charge in [-0.05, 0) is 18.3 Å². The van der Waals surface area contributed by atoms with Crippen molar-refractivity contribution in [3.63, 3.8) is 0 Å². The molecule has 0 fully saturated rings. The second-order valence-corrected chi connectivity index (χ2v) is 8.59. The lowest BCUT2D eigenvalue weighted by molar-refractivity contribution is 0.615. The number of hydrogen-bond acceptors (Lipinski definition) is 1. The Kier molecular flexibility index (Phi) is 3.65. The van der Waals surface area contributed by atoms with E-state index in [0.717, 1.165) is 0 Å². The van der Waals surface area contributed by atoms with Crippen molar-refractivity contribution in [1.29, 1.82) is 0 Å². The normalized spacial score (nSPS) is 11.2. The molecule has 1 aromatic rings. The molecule has 2 radical (unpaired) electrons. The summed E-state index contributed by atoms with van der Waals surface area (Å²) in [6.45, 7) is 8.08. The van der Waals surface area contributed by atoms with Crippen molar-refractivity contribution in [1.82, 2.24) is 0 Å². The van der Waals surface area contributed by atoms with Gasteiger partial charge in [0.05, 0.1) is 0 Å². The fraction of sp³-hybridized carbons (Fsp3) is 0.200. The van der Waals surface area contributed by atoms with Gasteiger partial charge in [-0.1, -0.05) is 36.0 Å². The molecule has 0 saturated heterocycles. The van der Waals surface area contributed by atoms with Crippen LogP contribution in [0.15, 0.2) is 42.6 Å². The molecular weight excluding hydrogens is 192 g/mol. The predicted octanol–water partition coefficient (Wildman–Crippen LogP) is 1.88. The lowest BCUT2D eigenvalue weighted by Crippen LogP contribution is -2.33. The van der Waals surface area contributed by atoms with Crippen molar-refractivity contribution in [2.24, 2.45) is 0 Å². The minimum atomic E-state index is -1.58. The van der Waals surface area contributed by atoms with E-state index in [9.17, 15) is 0 Å². The van der Waals surface area contributed by atoms with Gasteiger partial charge < -0.3 is 4.12 Å². The smallest absolute Gasteiger partial charge is 0.257 e. The zero-order valence-electron chi connectivity index (χ0n) is 8.08. The van der Waals surface area contributed by atoms with E-state index in [0.29, 0.717) is 9.76 Å². The van der Waals surface area contributed by atoms with E-state index in [1.807, 2.05) is 23.9 Å². The minimum absolute atomic E-state index is 0.453. The Morgan fingerprint density at radius 2 is 1.92 bits per heavy atom. The SMILES string of the molecule is C=C[Si](C)(C)O[Si]c1ccccc1. The monoisotopic (exact) mass is 206 g/mol. The van der Waals surface area contributed by atoms with Crippen LogP contribution in [-0.4, -0.2) is 18.1 Å². The number of benzene rings is 1. The minimum Gasteiger partial charge on any atom is -0.450 e. The van der Waals surface area contributed by atoms with Crippen molar-refractivity contribution in [3.8, 4) is 0 Å². The van der Waals surface area contributed by atoms with E-state index in [1.165, 1.54) is 5.19 Å². The van der Waals surface area contributed by atoms with Crippen LogP contribution >= 0.6 is 0 Å². The molecule has 1 aromatic carbocycles. The third-order valence-electron chi connectivity index (χ3n) is 1.70. The molecule has 0 unspecified atom stereocenters. The molecule has 0 spiro atoms. The number of hydrogen-bond donors (Lipinski definition) is 0. The van der Waals surface area contributed by atoms with Crippen molar-refractivity contribution in [2.75, 3.05) is 0 Å². The van der Waals surface area contributed by atoms with E-state index in [-0.39, 0.29) is 0 Å². The average molecular weight is 206 g/mol. The van der Waals surface area contributed by atoms with Gasteiger partial charge >= 0.3 is 0 Å². The van der Waals surface area contributed by atoms with Crippen LogP contribution in [0.25, 0.3) is 0 Å². The van der Waals surface area contributed by atoms with E-state index in [1.54, 1.807) is 0 Å². The van der Waals surface area contributed by atoms with Crippen LogP contribution in [0.3, 0.4) is 0 Å². The summed E-state index contributed by atoms with van der Waals surface area (Å²) in [5, 5.41) is 1.25. The maximum absolute atomic E-state index is 5.81. The Hall–Kier alpha value is -0.646. The first kappa shape index (κ1) is 10.4. The van der Waals surface area contributed by atoms with Gasteiger partial charge in [-0.3, -0.25) is 0 Å². The van der Waals surface area contributed by atoms with Crippen LogP contribution in [0.1, 0.15) is 0 Å². The summed E-state index contributed by atoms with van der Waals surface area (Å²) in [5.41, 5.74) is 1.96. The van der Waals surface area contributed by atoms with Crippen molar-refractivity contribution in [2.45, 2.75) is 13.1 Å². The van der Waals surface area contributed by atoms with Crippen molar-refractivity contribution in [3.05, 3.63) is 42.6 Å². The Morgan fingerprint density at radius 1 is 1.31 bits per heavy atom. The molecule has 0 aliphatic carbocycles. The molecular formula is C10H14OSi2. The zero-order valence-corrected chi connectivity index (χ0v) is 10.1. The Balaban J connectivity index is 2.48. The van der Waals surface area contributed by atoms with Crippen LogP contribution < -0.4 is 5.19 Å². The Bertz CT molecular complexity index is 270. The third kappa shape index (κ3) is 3.71. The van der Waals surface area contributed by atoms with E-state index >= 15 is 0 Å². The summed E-state index contributed by atoms with van der Waals surface area (Å²) in [7, 11) is -1.13. The molecule has 1 nitrogen and oxygen atoms in total. The van der Waals surface area contributed by atoms with Crippen LogP contribution in [0.2, 0.25) is 13.1 Å². The molecule has 1 rings (SSSR count). The van der Waals surface area contributed by atoms with Crippen molar-refractivity contribution >= 4 is 23.3 Å². The van der Waals surface area contributed by atoms with E-state index in [4.69, 9.17) is 4.12 Å². The second kappa shape index (κ2) is 4.55. The molecule has 0 aliphatic heterocycles. The highest BCUT2D eigenvalue weighted by molar-refractivity contribution is 6.81.